The summed E-state index contributed by atoms with van der Waals surface area (Å²) in [7, 11) is 0. The Balaban J connectivity index is 1.93. The summed E-state index contributed by atoms with van der Waals surface area (Å²) in [6.45, 7) is 3.39. The fourth-order valence-electron chi connectivity index (χ4n) is 1.85. The first-order chi connectivity index (χ1) is 7.70. The van der Waals surface area contributed by atoms with Gasteiger partial charge in [0.15, 0.2) is 0 Å². The largest absolute Gasteiger partial charge is 0.480 e. The third-order valence-corrected chi connectivity index (χ3v) is 3.02. The minimum Gasteiger partial charge on any atom is -0.480 e. The second-order valence-electron chi connectivity index (χ2n) is 4.33. The van der Waals surface area contributed by atoms with Crippen molar-refractivity contribution in [2.45, 2.75) is 31.7 Å². The summed E-state index contributed by atoms with van der Waals surface area (Å²) >= 11 is 0. The molecule has 0 saturated carbocycles. The third kappa shape index (κ3) is 5.44. The highest BCUT2D eigenvalue weighted by Gasteiger charge is 2.13. The molecule has 1 aliphatic rings. The van der Waals surface area contributed by atoms with Crippen molar-refractivity contribution in [1.29, 1.82) is 0 Å². The van der Waals surface area contributed by atoms with E-state index in [1.54, 1.807) is 0 Å². The monoisotopic (exact) mass is 230 g/mol. The predicted molar refractivity (Wildman–Crippen MR) is 61.3 cm³/mol. The van der Waals surface area contributed by atoms with Crippen LogP contribution in [0.2, 0.25) is 0 Å². The lowest BCUT2D eigenvalue weighted by molar-refractivity contribution is -0.138. The molecule has 0 aromatic carbocycles. The van der Waals surface area contributed by atoms with Gasteiger partial charge in [-0.1, -0.05) is 0 Å². The Morgan fingerprint density at radius 1 is 1.44 bits per heavy atom. The van der Waals surface area contributed by atoms with Crippen LogP contribution in [0.1, 0.15) is 25.7 Å². The molecule has 1 heterocycles. The zero-order valence-electron chi connectivity index (χ0n) is 9.65. The Bertz CT molecular complexity index is 205. The van der Waals surface area contributed by atoms with Crippen LogP contribution in [-0.2, 0) is 9.53 Å². The van der Waals surface area contributed by atoms with E-state index in [1.165, 1.54) is 0 Å². The third-order valence-electron chi connectivity index (χ3n) is 3.02. The number of hydrogen-bond acceptors (Lipinski definition) is 4. The van der Waals surface area contributed by atoms with E-state index in [0.717, 1.165) is 44.9 Å². The molecule has 1 fully saturated rings. The van der Waals surface area contributed by atoms with E-state index in [0.29, 0.717) is 13.0 Å². The first kappa shape index (κ1) is 13.4. The molecule has 94 valence electrons. The smallest absolute Gasteiger partial charge is 0.320 e. The minimum absolute atomic E-state index is 0.489. The molecule has 1 saturated heterocycles. The van der Waals surface area contributed by atoms with Crippen LogP contribution in [0, 0.1) is 5.92 Å². The molecular weight excluding hydrogens is 208 g/mol. The van der Waals surface area contributed by atoms with Crippen molar-refractivity contribution in [3.63, 3.8) is 0 Å². The first-order valence-corrected chi connectivity index (χ1v) is 5.97. The normalized spacial score (nSPS) is 19.6. The summed E-state index contributed by atoms with van der Waals surface area (Å²) in [6, 6.07) is -0.740. The van der Waals surface area contributed by atoms with E-state index in [9.17, 15) is 4.79 Å². The summed E-state index contributed by atoms with van der Waals surface area (Å²) in [5, 5.41) is 11.8. The van der Waals surface area contributed by atoms with E-state index < -0.39 is 12.0 Å². The van der Waals surface area contributed by atoms with Crippen LogP contribution in [0.4, 0.5) is 0 Å². The molecule has 0 aromatic rings. The van der Waals surface area contributed by atoms with Crippen LogP contribution in [0.3, 0.4) is 0 Å². The summed E-state index contributed by atoms with van der Waals surface area (Å²) < 4.78 is 5.28. The van der Waals surface area contributed by atoms with E-state index in [-0.39, 0.29) is 0 Å². The van der Waals surface area contributed by atoms with Gasteiger partial charge < -0.3 is 20.9 Å². The van der Waals surface area contributed by atoms with Gasteiger partial charge in [0.2, 0.25) is 0 Å². The topological polar surface area (TPSA) is 84.6 Å². The summed E-state index contributed by atoms with van der Waals surface area (Å²) in [4.78, 5) is 10.4. The van der Waals surface area contributed by atoms with Gasteiger partial charge in [0.1, 0.15) is 6.04 Å². The SMILES string of the molecule is NC(CCNCCC1CCOCC1)C(=O)O. The van der Waals surface area contributed by atoms with E-state index in [1.807, 2.05) is 0 Å². The maximum atomic E-state index is 10.4. The van der Waals surface area contributed by atoms with Crippen molar-refractivity contribution < 1.29 is 14.6 Å². The molecule has 16 heavy (non-hydrogen) atoms. The second kappa shape index (κ2) is 7.60. The van der Waals surface area contributed by atoms with Gasteiger partial charge in [-0.15, -0.1) is 0 Å². The van der Waals surface area contributed by atoms with Crippen molar-refractivity contribution in [1.82, 2.24) is 5.32 Å². The molecule has 1 rings (SSSR count). The van der Waals surface area contributed by atoms with Crippen LogP contribution < -0.4 is 11.1 Å². The zero-order valence-corrected chi connectivity index (χ0v) is 9.65. The van der Waals surface area contributed by atoms with Crippen LogP contribution >= 0.6 is 0 Å². The number of hydrogen-bond donors (Lipinski definition) is 3. The number of rotatable bonds is 7. The lowest BCUT2D eigenvalue weighted by atomic mass is 9.97. The van der Waals surface area contributed by atoms with Gasteiger partial charge in [0.25, 0.3) is 0 Å². The molecule has 5 heteroatoms. The number of nitrogens with two attached hydrogens (primary N) is 1. The van der Waals surface area contributed by atoms with Gasteiger partial charge in [-0.2, -0.15) is 0 Å². The zero-order chi connectivity index (χ0) is 11.8. The van der Waals surface area contributed by atoms with Crippen molar-refractivity contribution in [3.05, 3.63) is 0 Å². The van der Waals surface area contributed by atoms with Gasteiger partial charge in [0.05, 0.1) is 0 Å². The quantitative estimate of drug-likeness (QED) is 0.544. The van der Waals surface area contributed by atoms with Crippen LogP contribution in [0.25, 0.3) is 0 Å². The van der Waals surface area contributed by atoms with Crippen molar-refractivity contribution >= 4 is 5.97 Å². The number of carbonyl (C=O) groups is 1. The minimum atomic E-state index is -0.925. The van der Waals surface area contributed by atoms with Crippen molar-refractivity contribution in [2.75, 3.05) is 26.3 Å². The van der Waals surface area contributed by atoms with Crippen molar-refractivity contribution in [2.24, 2.45) is 11.7 Å². The standard InChI is InChI=1S/C11H22N2O3/c12-10(11(14)15)2-6-13-5-1-9-3-7-16-8-4-9/h9-10,13H,1-8,12H2,(H,14,15). The Morgan fingerprint density at radius 3 is 2.75 bits per heavy atom. The fourth-order valence-corrected chi connectivity index (χ4v) is 1.85. The molecule has 5 nitrogen and oxygen atoms in total. The number of aliphatic carboxylic acids is 1. The van der Waals surface area contributed by atoms with E-state index >= 15 is 0 Å². The second-order valence-corrected chi connectivity index (χ2v) is 4.33. The highest BCUT2D eigenvalue weighted by molar-refractivity contribution is 5.72. The van der Waals surface area contributed by atoms with Gasteiger partial charge >= 0.3 is 5.97 Å². The van der Waals surface area contributed by atoms with Crippen molar-refractivity contribution in [3.8, 4) is 0 Å². The lowest BCUT2D eigenvalue weighted by Gasteiger charge is -2.21. The number of ether oxygens (including phenoxy) is 1. The Hall–Kier alpha value is -0.650. The molecule has 0 spiro atoms. The molecule has 0 amide bonds. The average Bonchev–Trinajstić information content (AvgIpc) is 2.29. The van der Waals surface area contributed by atoms with Gasteiger partial charge in [-0.3, -0.25) is 4.79 Å². The van der Waals surface area contributed by atoms with E-state index in [2.05, 4.69) is 5.32 Å². The molecule has 0 aliphatic carbocycles. The molecule has 1 aliphatic heterocycles. The maximum Gasteiger partial charge on any atom is 0.320 e. The van der Waals surface area contributed by atoms with Crippen LogP contribution in [-0.4, -0.2) is 43.4 Å². The summed E-state index contributed by atoms with van der Waals surface area (Å²) in [5.41, 5.74) is 5.39. The number of carboxylic acids is 1. The predicted octanol–water partition coefficient (Wildman–Crippen LogP) is 0.195. The van der Waals surface area contributed by atoms with Crippen LogP contribution in [0.5, 0.6) is 0 Å². The van der Waals surface area contributed by atoms with E-state index in [4.69, 9.17) is 15.6 Å². The molecule has 0 aromatic heterocycles. The molecule has 0 radical (unpaired) electrons. The average molecular weight is 230 g/mol. The fraction of sp³-hybridized carbons (Fsp3) is 0.909. The first-order valence-electron chi connectivity index (χ1n) is 5.97. The molecule has 1 atom stereocenters. The number of carboxylic acid groups (broad SMARTS) is 1. The Labute approximate surface area is 96.3 Å². The summed E-state index contributed by atoms with van der Waals surface area (Å²) in [6.07, 6.45) is 3.93. The van der Waals surface area contributed by atoms with Gasteiger partial charge in [0, 0.05) is 13.2 Å². The van der Waals surface area contributed by atoms with Gasteiger partial charge in [-0.25, -0.2) is 0 Å². The maximum absolute atomic E-state index is 10.4. The molecule has 0 bridgehead atoms. The highest BCUT2D eigenvalue weighted by Crippen LogP contribution is 2.17. The molecule has 4 N–H and O–H groups in total. The summed E-state index contributed by atoms with van der Waals surface area (Å²) in [5.74, 6) is -0.166. The van der Waals surface area contributed by atoms with Crippen LogP contribution in [0.15, 0.2) is 0 Å². The molecular formula is C11H22N2O3. The lowest BCUT2D eigenvalue weighted by Crippen LogP contribution is -2.34. The van der Waals surface area contributed by atoms with Gasteiger partial charge in [-0.05, 0) is 44.7 Å². The Morgan fingerprint density at radius 2 is 2.12 bits per heavy atom. The Kier molecular flexibility index (Phi) is 6.37. The molecule has 1 unspecified atom stereocenters. The highest BCUT2D eigenvalue weighted by atomic mass is 16.5. The number of nitrogens with one attached hydrogen (secondary N) is 1.